The van der Waals surface area contributed by atoms with Crippen LogP contribution in [0, 0.1) is 0 Å². The minimum Gasteiger partial charge on any atom is -0.394 e. The highest BCUT2D eigenvalue weighted by Gasteiger charge is 2.27. The second kappa shape index (κ2) is 5.95. The standard InChI is InChI=1S/C12H20N4O2/c1-2-10-13-11(15-14-10)12(18)16-7-5-3-4-6-9(16)8-17/h9,17H,2-8H2,1H3,(H,13,14,15). The van der Waals surface area contributed by atoms with Crippen molar-refractivity contribution >= 4 is 5.91 Å². The normalized spacial score (nSPS) is 20.8. The number of amides is 1. The number of carbonyl (C=O) groups is 1. The van der Waals surface area contributed by atoms with Crippen molar-refractivity contribution in [3.8, 4) is 0 Å². The average molecular weight is 252 g/mol. The molecule has 1 aliphatic rings. The summed E-state index contributed by atoms with van der Waals surface area (Å²) in [6.45, 7) is 2.65. The van der Waals surface area contributed by atoms with Crippen LogP contribution in [0.5, 0.6) is 0 Å². The van der Waals surface area contributed by atoms with Gasteiger partial charge in [-0.05, 0) is 12.8 Å². The van der Waals surface area contributed by atoms with E-state index in [9.17, 15) is 9.90 Å². The molecule has 1 saturated heterocycles. The van der Waals surface area contributed by atoms with Crippen molar-refractivity contribution in [2.24, 2.45) is 0 Å². The number of nitrogens with zero attached hydrogens (tertiary/aromatic N) is 3. The molecule has 6 heteroatoms. The molecule has 1 unspecified atom stereocenters. The first kappa shape index (κ1) is 13.0. The SMILES string of the molecule is CCc1nc(C(=O)N2CCCCCC2CO)n[nH]1. The quantitative estimate of drug-likeness (QED) is 0.831. The van der Waals surface area contributed by atoms with Crippen LogP contribution in [0.25, 0.3) is 0 Å². The first-order valence-corrected chi connectivity index (χ1v) is 6.59. The highest BCUT2D eigenvalue weighted by Crippen LogP contribution is 2.18. The van der Waals surface area contributed by atoms with Gasteiger partial charge in [0, 0.05) is 13.0 Å². The van der Waals surface area contributed by atoms with Crippen molar-refractivity contribution < 1.29 is 9.90 Å². The highest BCUT2D eigenvalue weighted by molar-refractivity contribution is 5.90. The molecule has 0 aromatic carbocycles. The van der Waals surface area contributed by atoms with E-state index in [1.165, 1.54) is 0 Å². The van der Waals surface area contributed by atoms with Crippen molar-refractivity contribution in [1.29, 1.82) is 0 Å². The summed E-state index contributed by atoms with van der Waals surface area (Å²) in [4.78, 5) is 18.2. The Morgan fingerprint density at radius 3 is 3.00 bits per heavy atom. The third kappa shape index (κ3) is 2.69. The van der Waals surface area contributed by atoms with E-state index in [4.69, 9.17) is 0 Å². The highest BCUT2D eigenvalue weighted by atomic mass is 16.3. The third-order valence-corrected chi connectivity index (χ3v) is 3.41. The van der Waals surface area contributed by atoms with Gasteiger partial charge in [0.05, 0.1) is 12.6 Å². The van der Waals surface area contributed by atoms with E-state index in [1.807, 2.05) is 6.92 Å². The summed E-state index contributed by atoms with van der Waals surface area (Å²) in [5.74, 6) is 0.757. The van der Waals surface area contributed by atoms with E-state index in [2.05, 4.69) is 15.2 Å². The molecule has 18 heavy (non-hydrogen) atoms. The topological polar surface area (TPSA) is 82.1 Å². The van der Waals surface area contributed by atoms with Crippen molar-refractivity contribution in [3.05, 3.63) is 11.6 Å². The molecule has 0 bridgehead atoms. The molecule has 1 aromatic heterocycles. The Morgan fingerprint density at radius 1 is 1.50 bits per heavy atom. The van der Waals surface area contributed by atoms with Crippen molar-refractivity contribution in [2.45, 2.75) is 45.1 Å². The fourth-order valence-corrected chi connectivity index (χ4v) is 2.31. The maximum atomic E-state index is 12.3. The number of hydrogen-bond donors (Lipinski definition) is 2. The number of aromatic nitrogens is 3. The van der Waals surface area contributed by atoms with Crippen molar-refractivity contribution in [2.75, 3.05) is 13.2 Å². The first-order chi connectivity index (χ1) is 8.76. The van der Waals surface area contributed by atoms with Gasteiger partial charge < -0.3 is 10.0 Å². The number of hydrogen-bond acceptors (Lipinski definition) is 4. The minimum absolute atomic E-state index is 0.0107. The van der Waals surface area contributed by atoms with E-state index in [-0.39, 0.29) is 24.4 Å². The number of carbonyl (C=O) groups excluding carboxylic acids is 1. The van der Waals surface area contributed by atoms with Gasteiger partial charge in [-0.3, -0.25) is 9.89 Å². The third-order valence-electron chi connectivity index (χ3n) is 3.41. The van der Waals surface area contributed by atoms with Crippen LogP contribution < -0.4 is 0 Å². The molecule has 2 heterocycles. The van der Waals surface area contributed by atoms with Crippen LogP contribution in [-0.2, 0) is 6.42 Å². The molecule has 1 aliphatic heterocycles. The summed E-state index contributed by atoms with van der Waals surface area (Å²) in [6, 6.07) is -0.0939. The lowest BCUT2D eigenvalue weighted by Crippen LogP contribution is -2.42. The van der Waals surface area contributed by atoms with Crippen molar-refractivity contribution in [3.63, 3.8) is 0 Å². The van der Waals surface area contributed by atoms with Crippen LogP contribution in [0.1, 0.15) is 49.1 Å². The number of nitrogens with one attached hydrogen (secondary N) is 1. The van der Waals surface area contributed by atoms with E-state index >= 15 is 0 Å². The second-order valence-corrected chi connectivity index (χ2v) is 4.64. The molecule has 0 aliphatic carbocycles. The largest absolute Gasteiger partial charge is 0.394 e. The maximum Gasteiger partial charge on any atom is 0.293 e. The van der Waals surface area contributed by atoms with E-state index in [1.54, 1.807) is 4.90 Å². The average Bonchev–Trinajstić information content (AvgIpc) is 2.75. The molecule has 0 spiro atoms. The van der Waals surface area contributed by atoms with E-state index in [0.29, 0.717) is 12.4 Å². The summed E-state index contributed by atoms with van der Waals surface area (Å²) in [5.41, 5.74) is 0. The van der Waals surface area contributed by atoms with Gasteiger partial charge in [-0.1, -0.05) is 19.8 Å². The van der Waals surface area contributed by atoms with Gasteiger partial charge in [-0.2, -0.15) is 0 Å². The zero-order valence-corrected chi connectivity index (χ0v) is 10.7. The molecule has 6 nitrogen and oxygen atoms in total. The number of aryl methyl sites for hydroxylation is 1. The number of aliphatic hydroxyl groups excluding tert-OH is 1. The smallest absolute Gasteiger partial charge is 0.293 e. The van der Waals surface area contributed by atoms with Gasteiger partial charge in [0.1, 0.15) is 5.82 Å². The van der Waals surface area contributed by atoms with Crippen LogP contribution in [0.4, 0.5) is 0 Å². The second-order valence-electron chi connectivity index (χ2n) is 4.64. The van der Waals surface area contributed by atoms with Crippen LogP contribution in [-0.4, -0.2) is 50.3 Å². The van der Waals surface area contributed by atoms with Crippen LogP contribution in [0.15, 0.2) is 0 Å². The Bertz CT molecular complexity index is 405. The number of rotatable bonds is 3. The fraction of sp³-hybridized carbons (Fsp3) is 0.750. The Labute approximate surface area is 106 Å². The van der Waals surface area contributed by atoms with Crippen molar-refractivity contribution in [1.82, 2.24) is 20.1 Å². The Hall–Kier alpha value is -1.43. The molecule has 1 aromatic rings. The summed E-state index contributed by atoms with van der Waals surface area (Å²) in [7, 11) is 0. The predicted molar refractivity (Wildman–Crippen MR) is 66.1 cm³/mol. The molecule has 2 N–H and O–H groups in total. The van der Waals surface area contributed by atoms with Crippen LogP contribution in [0.2, 0.25) is 0 Å². The summed E-state index contributed by atoms with van der Waals surface area (Å²) >= 11 is 0. The van der Waals surface area contributed by atoms with Gasteiger partial charge in [0.15, 0.2) is 0 Å². The monoisotopic (exact) mass is 252 g/mol. The molecule has 0 saturated carbocycles. The number of aromatic amines is 1. The fourth-order valence-electron chi connectivity index (χ4n) is 2.31. The molecular formula is C12H20N4O2. The molecule has 1 atom stereocenters. The molecule has 100 valence electrons. The van der Waals surface area contributed by atoms with E-state index in [0.717, 1.165) is 32.1 Å². The summed E-state index contributed by atoms with van der Waals surface area (Å²) in [5, 5.41) is 16.1. The molecule has 1 amide bonds. The zero-order valence-electron chi connectivity index (χ0n) is 10.7. The Balaban J connectivity index is 2.14. The number of aliphatic hydroxyl groups is 1. The lowest BCUT2D eigenvalue weighted by atomic mass is 10.1. The Kier molecular flexibility index (Phi) is 4.30. The van der Waals surface area contributed by atoms with Gasteiger partial charge in [-0.25, -0.2) is 4.98 Å². The predicted octanol–water partition coefficient (Wildman–Crippen LogP) is 0.744. The molecule has 1 fully saturated rings. The van der Waals surface area contributed by atoms with Crippen LogP contribution in [0.3, 0.4) is 0 Å². The van der Waals surface area contributed by atoms with Crippen LogP contribution >= 0.6 is 0 Å². The molecule has 2 rings (SSSR count). The Morgan fingerprint density at radius 2 is 2.33 bits per heavy atom. The maximum absolute atomic E-state index is 12.3. The van der Waals surface area contributed by atoms with Gasteiger partial charge in [0.25, 0.3) is 5.91 Å². The van der Waals surface area contributed by atoms with E-state index < -0.39 is 0 Å². The number of likely N-dealkylation sites (tertiary alicyclic amines) is 1. The summed E-state index contributed by atoms with van der Waals surface area (Å²) in [6.07, 6.45) is 4.72. The van der Waals surface area contributed by atoms with Gasteiger partial charge in [0.2, 0.25) is 5.82 Å². The van der Waals surface area contributed by atoms with Gasteiger partial charge >= 0.3 is 0 Å². The summed E-state index contributed by atoms with van der Waals surface area (Å²) < 4.78 is 0. The lowest BCUT2D eigenvalue weighted by molar-refractivity contribution is 0.0588. The molecule has 0 radical (unpaired) electrons. The molecular weight excluding hydrogens is 232 g/mol. The number of H-pyrrole nitrogens is 1. The zero-order chi connectivity index (χ0) is 13.0. The van der Waals surface area contributed by atoms with Gasteiger partial charge in [-0.15, -0.1) is 5.10 Å². The minimum atomic E-state index is -0.174. The lowest BCUT2D eigenvalue weighted by Gasteiger charge is -2.27. The first-order valence-electron chi connectivity index (χ1n) is 6.59.